The highest BCUT2D eigenvalue weighted by Gasteiger charge is 2.42. The summed E-state index contributed by atoms with van der Waals surface area (Å²) in [6.45, 7) is 1.96. The smallest absolute Gasteiger partial charge is 0.307 e. The van der Waals surface area contributed by atoms with Gasteiger partial charge in [-0.05, 0) is 31.7 Å². The van der Waals surface area contributed by atoms with Crippen molar-refractivity contribution in [1.82, 2.24) is 4.90 Å². The predicted molar refractivity (Wildman–Crippen MR) is 49.5 cm³/mol. The number of rotatable bonds is 3. The molecule has 1 aliphatic carbocycles. The van der Waals surface area contributed by atoms with Crippen LogP contribution in [-0.4, -0.2) is 36.1 Å². The number of hydrogen-bond acceptors (Lipinski definition) is 2. The molecule has 0 aromatic carbocycles. The van der Waals surface area contributed by atoms with Crippen molar-refractivity contribution in [3.05, 3.63) is 0 Å². The van der Waals surface area contributed by atoms with E-state index in [0.717, 1.165) is 25.9 Å². The van der Waals surface area contributed by atoms with Gasteiger partial charge in [0.25, 0.3) is 0 Å². The first-order chi connectivity index (χ1) is 6.18. The summed E-state index contributed by atoms with van der Waals surface area (Å²) < 4.78 is 0. The van der Waals surface area contributed by atoms with Gasteiger partial charge in [0, 0.05) is 13.1 Å². The minimum atomic E-state index is -0.567. The molecule has 1 heterocycles. The van der Waals surface area contributed by atoms with Gasteiger partial charge in [-0.25, -0.2) is 0 Å². The molecule has 1 atom stereocenters. The maximum atomic E-state index is 11.1. The maximum absolute atomic E-state index is 11.1. The third-order valence-corrected chi connectivity index (χ3v) is 3.54. The van der Waals surface area contributed by atoms with Crippen molar-refractivity contribution in [2.75, 3.05) is 20.1 Å². The third-order valence-electron chi connectivity index (χ3n) is 3.54. The molecule has 0 radical (unpaired) electrons. The maximum Gasteiger partial charge on any atom is 0.307 e. The molecule has 3 heteroatoms. The Balaban J connectivity index is 1.93. The summed E-state index contributed by atoms with van der Waals surface area (Å²) >= 11 is 0. The molecular weight excluding hydrogens is 166 g/mol. The number of nitrogens with zero attached hydrogens (tertiary/aromatic N) is 1. The van der Waals surface area contributed by atoms with Gasteiger partial charge in [0.05, 0.1) is 5.92 Å². The first kappa shape index (κ1) is 9.00. The van der Waals surface area contributed by atoms with Crippen molar-refractivity contribution in [3.8, 4) is 0 Å². The summed E-state index contributed by atoms with van der Waals surface area (Å²) in [6, 6.07) is 0. The predicted octanol–water partition coefficient (Wildman–Crippen LogP) is 1.05. The Bertz CT molecular complexity index is 207. The van der Waals surface area contributed by atoms with Crippen LogP contribution >= 0.6 is 0 Å². The highest BCUT2D eigenvalue weighted by Crippen LogP contribution is 2.39. The van der Waals surface area contributed by atoms with E-state index in [0.29, 0.717) is 11.8 Å². The molecule has 0 aromatic rings. The van der Waals surface area contributed by atoms with Crippen molar-refractivity contribution >= 4 is 5.97 Å². The molecule has 13 heavy (non-hydrogen) atoms. The standard InChI is InChI=1S/C10H17NO2/c1-11-5-8(6-11)9(10(12)13)7-3-2-4-7/h7-9H,2-6H2,1H3,(H,12,13). The molecule has 1 saturated heterocycles. The van der Waals surface area contributed by atoms with E-state index in [4.69, 9.17) is 5.11 Å². The van der Waals surface area contributed by atoms with Crippen LogP contribution in [0.1, 0.15) is 19.3 Å². The summed E-state index contributed by atoms with van der Waals surface area (Å²) in [5.74, 6) is 0.289. The van der Waals surface area contributed by atoms with Crippen molar-refractivity contribution in [1.29, 1.82) is 0 Å². The molecule has 1 N–H and O–H groups in total. The zero-order chi connectivity index (χ0) is 9.42. The lowest BCUT2D eigenvalue weighted by atomic mass is 9.68. The van der Waals surface area contributed by atoms with Crippen molar-refractivity contribution < 1.29 is 9.90 Å². The van der Waals surface area contributed by atoms with Crippen LogP contribution in [0.25, 0.3) is 0 Å². The fourth-order valence-electron chi connectivity index (χ4n) is 2.56. The fraction of sp³-hybridized carbons (Fsp3) is 0.900. The van der Waals surface area contributed by atoms with Gasteiger partial charge in [-0.1, -0.05) is 6.42 Å². The zero-order valence-corrected chi connectivity index (χ0v) is 8.07. The number of likely N-dealkylation sites (tertiary alicyclic amines) is 1. The Morgan fingerprint density at radius 3 is 2.31 bits per heavy atom. The summed E-state index contributed by atoms with van der Waals surface area (Å²) in [4.78, 5) is 13.2. The van der Waals surface area contributed by atoms with Gasteiger partial charge in [-0.3, -0.25) is 4.79 Å². The van der Waals surface area contributed by atoms with Crippen LogP contribution in [-0.2, 0) is 4.79 Å². The first-order valence-electron chi connectivity index (χ1n) is 5.10. The highest BCUT2D eigenvalue weighted by atomic mass is 16.4. The lowest BCUT2D eigenvalue weighted by Gasteiger charge is -2.44. The van der Waals surface area contributed by atoms with E-state index >= 15 is 0 Å². The Labute approximate surface area is 78.7 Å². The second kappa shape index (κ2) is 3.29. The molecule has 1 aliphatic heterocycles. The van der Waals surface area contributed by atoms with Gasteiger partial charge in [0.1, 0.15) is 0 Å². The molecule has 0 spiro atoms. The Hall–Kier alpha value is -0.570. The lowest BCUT2D eigenvalue weighted by molar-refractivity contribution is -0.150. The van der Waals surface area contributed by atoms with Crippen molar-refractivity contribution in [2.24, 2.45) is 17.8 Å². The first-order valence-corrected chi connectivity index (χ1v) is 5.10. The van der Waals surface area contributed by atoms with Gasteiger partial charge >= 0.3 is 5.97 Å². The van der Waals surface area contributed by atoms with Gasteiger partial charge in [-0.2, -0.15) is 0 Å². The quantitative estimate of drug-likeness (QED) is 0.711. The van der Waals surface area contributed by atoms with Crippen LogP contribution < -0.4 is 0 Å². The number of aliphatic carboxylic acids is 1. The summed E-state index contributed by atoms with van der Waals surface area (Å²) in [5, 5.41) is 9.11. The normalized spacial score (nSPS) is 27.8. The van der Waals surface area contributed by atoms with Gasteiger partial charge in [-0.15, -0.1) is 0 Å². The molecule has 0 amide bonds. The Morgan fingerprint density at radius 1 is 1.38 bits per heavy atom. The van der Waals surface area contributed by atoms with Crippen LogP contribution in [0.5, 0.6) is 0 Å². The zero-order valence-electron chi connectivity index (χ0n) is 8.07. The SMILES string of the molecule is CN1CC(C(C(=O)O)C2CCC2)C1. The molecule has 1 saturated carbocycles. The van der Waals surface area contributed by atoms with E-state index in [2.05, 4.69) is 11.9 Å². The molecule has 2 aliphatic rings. The molecule has 1 unspecified atom stereocenters. The Kier molecular flexibility index (Phi) is 2.28. The van der Waals surface area contributed by atoms with E-state index in [1.54, 1.807) is 0 Å². The second-order valence-corrected chi connectivity index (χ2v) is 4.54. The van der Waals surface area contributed by atoms with Crippen LogP contribution in [0.4, 0.5) is 0 Å². The highest BCUT2D eigenvalue weighted by molar-refractivity contribution is 5.71. The number of carboxylic acid groups (broad SMARTS) is 1. The van der Waals surface area contributed by atoms with Crippen molar-refractivity contribution in [3.63, 3.8) is 0 Å². The van der Waals surface area contributed by atoms with Gasteiger partial charge in [0.15, 0.2) is 0 Å². The number of hydrogen-bond donors (Lipinski definition) is 1. The molecule has 74 valence electrons. The minimum absolute atomic E-state index is 0.0510. The average Bonchev–Trinajstić information content (AvgIpc) is 1.90. The lowest BCUT2D eigenvalue weighted by Crippen LogP contribution is -2.52. The van der Waals surface area contributed by atoms with E-state index in [9.17, 15) is 4.79 Å². The Morgan fingerprint density at radius 2 is 2.00 bits per heavy atom. The average molecular weight is 183 g/mol. The molecule has 3 nitrogen and oxygen atoms in total. The summed E-state index contributed by atoms with van der Waals surface area (Å²) in [6.07, 6.45) is 3.51. The largest absolute Gasteiger partial charge is 0.481 e. The van der Waals surface area contributed by atoms with Gasteiger partial charge < -0.3 is 10.0 Å². The summed E-state index contributed by atoms with van der Waals surface area (Å²) in [7, 11) is 2.05. The number of carboxylic acids is 1. The van der Waals surface area contributed by atoms with E-state index < -0.39 is 5.97 Å². The monoisotopic (exact) mass is 183 g/mol. The number of carbonyl (C=O) groups is 1. The molecular formula is C10H17NO2. The fourth-order valence-corrected chi connectivity index (χ4v) is 2.56. The van der Waals surface area contributed by atoms with Crippen molar-refractivity contribution in [2.45, 2.75) is 19.3 Å². The van der Waals surface area contributed by atoms with Gasteiger partial charge in [0.2, 0.25) is 0 Å². The van der Waals surface area contributed by atoms with E-state index in [1.807, 2.05) is 0 Å². The minimum Gasteiger partial charge on any atom is -0.481 e. The molecule has 0 bridgehead atoms. The molecule has 2 fully saturated rings. The third kappa shape index (κ3) is 1.57. The van der Waals surface area contributed by atoms with Crippen LogP contribution in [0, 0.1) is 17.8 Å². The summed E-state index contributed by atoms with van der Waals surface area (Å²) in [5.41, 5.74) is 0. The van der Waals surface area contributed by atoms with Crippen LogP contribution in [0.15, 0.2) is 0 Å². The van der Waals surface area contributed by atoms with Crippen LogP contribution in [0.3, 0.4) is 0 Å². The van der Waals surface area contributed by atoms with Crippen LogP contribution in [0.2, 0.25) is 0 Å². The second-order valence-electron chi connectivity index (χ2n) is 4.54. The molecule has 0 aromatic heterocycles. The molecule has 2 rings (SSSR count). The topological polar surface area (TPSA) is 40.5 Å². The van der Waals surface area contributed by atoms with E-state index in [1.165, 1.54) is 6.42 Å². The van der Waals surface area contributed by atoms with E-state index in [-0.39, 0.29) is 5.92 Å².